The molecule has 0 radical (unpaired) electrons. The first-order valence-corrected chi connectivity index (χ1v) is 11.0. The number of unbranched alkanes of at least 4 members (excludes halogenated alkanes) is 7. The maximum Gasteiger partial charge on any atom is 0.241 e. The van der Waals surface area contributed by atoms with Gasteiger partial charge in [0.15, 0.2) is 0 Å². The van der Waals surface area contributed by atoms with Crippen molar-refractivity contribution in [2.45, 2.75) is 63.2 Å². The van der Waals surface area contributed by atoms with Crippen LogP contribution >= 0.6 is 31.9 Å². The van der Waals surface area contributed by atoms with E-state index in [4.69, 9.17) is 0 Å². The largest absolute Gasteiger partial charge is 0.241 e. The molecule has 0 fully saturated rings. The molecule has 0 aliphatic rings. The molecule has 0 unspecified atom stereocenters. The molecular formula is C16H25Br2NO2S. The van der Waals surface area contributed by atoms with E-state index < -0.39 is 10.0 Å². The van der Waals surface area contributed by atoms with E-state index in [2.05, 4.69) is 43.5 Å². The van der Waals surface area contributed by atoms with Gasteiger partial charge in [0.05, 0.1) is 9.37 Å². The lowest BCUT2D eigenvalue weighted by Gasteiger charge is -2.09. The van der Waals surface area contributed by atoms with Gasteiger partial charge in [-0.25, -0.2) is 13.1 Å². The Balaban J connectivity index is 2.28. The minimum absolute atomic E-state index is 0.279. The van der Waals surface area contributed by atoms with Crippen molar-refractivity contribution in [2.75, 3.05) is 6.54 Å². The van der Waals surface area contributed by atoms with Gasteiger partial charge in [-0.2, -0.15) is 0 Å². The molecule has 0 bridgehead atoms. The average molecular weight is 455 g/mol. The predicted molar refractivity (Wildman–Crippen MR) is 99.6 cm³/mol. The fourth-order valence-corrected chi connectivity index (χ4v) is 4.81. The zero-order valence-electron chi connectivity index (χ0n) is 13.1. The van der Waals surface area contributed by atoms with Crippen molar-refractivity contribution in [1.82, 2.24) is 4.72 Å². The topological polar surface area (TPSA) is 46.2 Å². The molecular weight excluding hydrogens is 430 g/mol. The molecule has 6 heteroatoms. The monoisotopic (exact) mass is 453 g/mol. The molecule has 0 aliphatic carbocycles. The van der Waals surface area contributed by atoms with Crippen LogP contribution in [0.1, 0.15) is 58.3 Å². The molecule has 0 saturated heterocycles. The van der Waals surface area contributed by atoms with E-state index in [-0.39, 0.29) is 4.90 Å². The van der Waals surface area contributed by atoms with Crippen molar-refractivity contribution < 1.29 is 8.42 Å². The Morgan fingerprint density at radius 3 is 2.18 bits per heavy atom. The van der Waals surface area contributed by atoms with Gasteiger partial charge in [-0.15, -0.1) is 0 Å². The Hall–Kier alpha value is 0.0900. The number of hydrogen-bond donors (Lipinski definition) is 1. The normalized spacial score (nSPS) is 11.8. The molecule has 0 aliphatic heterocycles. The van der Waals surface area contributed by atoms with Gasteiger partial charge in [0.1, 0.15) is 0 Å². The Labute approximate surface area is 151 Å². The third-order valence-corrected chi connectivity index (χ3v) is 7.34. The van der Waals surface area contributed by atoms with Gasteiger partial charge < -0.3 is 0 Å². The first kappa shape index (κ1) is 20.1. The molecule has 1 aromatic rings. The first-order chi connectivity index (χ1) is 10.5. The molecule has 22 heavy (non-hydrogen) atoms. The summed E-state index contributed by atoms with van der Waals surface area (Å²) in [6.07, 6.45) is 9.61. The SMILES string of the molecule is CCCCCCCCCCNS(=O)(=O)c1cccc(Br)c1Br. The quantitative estimate of drug-likeness (QED) is 0.440. The van der Waals surface area contributed by atoms with E-state index >= 15 is 0 Å². The molecule has 126 valence electrons. The summed E-state index contributed by atoms with van der Waals surface area (Å²) < 4.78 is 28.5. The second kappa shape index (κ2) is 10.8. The lowest BCUT2D eigenvalue weighted by atomic mass is 10.1. The van der Waals surface area contributed by atoms with Crippen LogP contribution in [0.2, 0.25) is 0 Å². The van der Waals surface area contributed by atoms with Crippen LogP contribution in [0.3, 0.4) is 0 Å². The lowest BCUT2D eigenvalue weighted by Crippen LogP contribution is -2.25. The summed E-state index contributed by atoms with van der Waals surface area (Å²) in [4.78, 5) is 0.279. The maximum absolute atomic E-state index is 12.3. The van der Waals surface area contributed by atoms with Crippen LogP contribution in [0.25, 0.3) is 0 Å². The molecule has 1 aromatic carbocycles. The first-order valence-electron chi connectivity index (χ1n) is 7.92. The summed E-state index contributed by atoms with van der Waals surface area (Å²) in [5, 5.41) is 0. The second-order valence-corrected chi connectivity index (χ2v) is 8.81. The van der Waals surface area contributed by atoms with Crippen molar-refractivity contribution in [3.63, 3.8) is 0 Å². The van der Waals surface area contributed by atoms with E-state index in [1.165, 1.54) is 38.5 Å². The van der Waals surface area contributed by atoms with E-state index in [0.717, 1.165) is 17.3 Å². The van der Waals surface area contributed by atoms with E-state index in [1.807, 2.05) is 6.07 Å². The molecule has 0 aromatic heterocycles. The Kier molecular flexibility index (Phi) is 9.87. The van der Waals surface area contributed by atoms with Crippen LogP contribution < -0.4 is 4.72 Å². The second-order valence-electron chi connectivity index (χ2n) is 5.42. The molecule has 0 amide bonds. The van der Waals surface area contributed by atoms with Gasteiger partial charge in [-0.3, -0.25) is 0 Å². The van der Waals surface area contributed by atoms with E-state index in [1.54, 1.807) is 12.1 Å². The van der Waals surface area contributed by atoms with Crippen molar-refractivity contribution >= 4 is 41.9 Å². The molecule has 0 saturated carbocycles. The zero-order chi connectivity index (χ0) is 16.4. The Morgan fingerprint density at radius 1 is 0.955 bits per heavy atom. The van der Waals surface area contributed by atoms with Crippen LogP contribution in [-0.4, -0.2) is 15.0 Å². The maximum atomic E-state index is 12.3. The standard InChI is InChI=1S/C16H25Br2NO2S/c1-2-3-4-5-6-7-8-9-13-19-22(20,21)15-12-10-11-14(17)16(15)18/h10-12,19H,2-9,13H2,1H3. The van der Waals surface area contributed by atoms with Crippen LogP contribution in [0, 0.1) is 0 Å². The summed E-state index contributed by atoms with van der Waals surface area (Å²) in [7, 11) is -3.45. The fraction of sp³-hybridized carbons (Fsp3) is 0.625. The number of rotatable bonds is 11. The predicted octanol–water partition coefficient (Wildman–Crippen LogP) is 5.63. The van der Waals surface area contributed by atoms with Crippen molar-refractivity contribution in [3.8, 4) is 0 Å². The van der Waals surface area contributed by atoms with Gasteiger partial charge in [0.25, 0.3) is 0 Å². The number of hydrogen-bond acceptors (Lipinski definition) is 2. The van der Waals surface area contributed by atoms with Gasteiger partial charge in [-0.05, 0) is 50.4 Å². The minimum Gasteiger partial charge on any atom is -0.211 e. The molecule has 0 spiro atoms. The van der Waals surface area contributed by atoms with Crippen molar-refractivity contribution in [2.24, 2.45) is 0 Å². The van der Waals surface area contributed by atoms with E-state index in [9.17, 15) is 8.42 Å². The third-order valence-electron chi connectivity index (χ3n) is 3.53. The highest BCUT2D eigenvalue weighted by Gasteiger charge is 2.18. The van der Waals surface area contributed by atoms with Crippen LogP contribution in [-0.2, 0) is 10.0 Å². The Bertz CT molecular complexity index is 547. The average Bonchev–Trinajstić information content (AvgIpc) is 2.48. The van der Waals surface area contributed by atoms with Crippen molar-refractivity contribution in [1.29, 1.82) is 0 Å². The van der Waals surface area contributed by atoms with Crippen molar-refractivity contribution in [3.05, 3.63) is 27.1 Å². The zero-order valence-corrected chi connectivity index (χ0v) is 17.1. The van der Waals surface area contributed by atoms with Gasteiger partial charge >= 0.3 is 0 Å². The highest BCUT2D eigenvalue weighted by Crippen LogP contribution is 2.29. The van der Waals surface area contributed by atoms with E-state index in [0.29, 0.717) is 11.0 Å². The highest BCUT2D eigenvalue weighted by molar-refractivity contribution is 9.13. The molecule has 1 N–H and O–H groups in total. The van der Waals surface area contributed by atoms with Crippen LogP contribution in [0.5, 0.6) is 0 Å². The molecule has 1 rings (SSSR count). The van der Waals surface area contributed by atoms with Gasteiger partial charge in [0.2, 0.25) is 10.0 Å². The van der Waals surface area contributed by atoms with Crippen LogP contribution in [0.4, 0.5) is 0 Å². The van der Waals surface area contributed by atoms with Crippen LogP contribution in [0.15, 0.2) is 32.0 Å². The van der Waals surface area contributed by atoms with Gasteiger partial charge in [-0.1, -0.05) is 57.9 Å². The molecule has 3 nitrogen and oxygen atoms in total. The highest BCUT2D eigenvalue weighted by atomic mass is 79.9. The lowest BCUT2D eigenvalue weighted by molar-refractivity contribution is 0.558. The summed E-state index contributed by atoms with van der Waals surface area (Å²) in [5.74, 6) is 0. The molecule has 0 heterocycles. The third kappa shape index (κ3) is 7.11. The fourth-order valence-electron chi connectivity index (χ4n) is 2.23. The summed E-state index contributed by atoms with van der Waals surface area (Å²) in [6, 6.07) is 5.13. The number of sulfonamides is 1. The summed E-state index contributed by atoms with van der Waals surface area (Å²) in [6.45, 7) is 2.71. The number of nitrogens with one attached hydrogen (secondary N) is 1. The molecule has 0 atom stereocenters. The summed E-state index contributed by atoms with van der Waals surface area (Å²) >= 11 is 6.64. The number of halogens is 2. The minimum atomic E-state index is -3.45. The number of benzene rings is 1. The summed E-state index contributed by atoms with van der Waals surface area (Å²) in [5.41, 5.74) is 0. The Morgan fingerprint density at radius 2 is 1.55 bits per heavy atom. The van der Waals surface area contributed by atoms with Gasteiger partial charge in [0, 0.05) is 11.0 Å². The smallest absolute Gasteiger partial charge is 0.211 e.